The summed E-state index contributed by atoms with van der Waals surface area (Å²) in [5, 5.41) is 2.35. The fraction of sp³-hybridized carbons (Fsp3) is 0. The van der Waals surface area contributed by atoms with Crippen LogP contribution in [0.15, 0.2) is 39.2 Å². The lowest BCUT2D eigenvalue weighted by molar-refractivity contribution is 0.607. The first kappa shape index (κ1) is 10.2. The van der Waals surface area contributed by atoms with Gasteiger partial charge in [0.15, 0.2) is 5.58 Å². The Morgan fingerprint density at radius 1 is 1.00 bits per heavy atom. The first-order valence-electron chi connectivity index (χ1n) is 5.30. The molecule has 4 aromatic rings. The number of nitrogens with zero attached hydrogens (tertiary/aromatic N) is 1. The van der Waals surface area contributed by atoms with Gasteiger partial charge in [0, 0.05) is 11.5 Å². The van der Waals surface area contributed by atoms with Crippen LogP contribution in [-0.4, -0.2) is 4.98 Å². The Balaban J connectivity index is 2.38. The maximum Gasteiger partial charge on any atom is 0.293 e. The zero-order valence-electron chi connectivity index (χ0n) is 8.91. The van der Waals surface area contributed by atoms with Gasteiger partial charge in [-0.3, -0.25) is 0 Å². The van der Waals surface area contributed by atoms with Crippen molar-refractivity contribution in [2.75, 3.05) is 0 Å². The van der Waals surface area contributed by atoms with Gasteiger partial charge >= 0.3 is 0 Å². The minimum absolute atomic E-state index is 0.0738. The molecule has 0 spiro atoms. The van der Waals surface area contributed by atoms with Crippen molar-refractivity contribution in [3.8, 4) is 0 Å². The van der Waals surface area contributed by atoms with E-state index in [0.29, 0.717) is 21.7 Å². The topological polar surface area (TPSA) is 39.2 Å². The highest BCUT2D eigenvalue weighted by atomic mass is 35.5. The van der Waals surface area contributed by atoms with Gasteiger partial charge in [-0.1, -0.05) is 29.8 Å². The first-order chi connectivity index (χ1) is 8.74. The summed E-state index contributed by atoms with van der Waals surface area (Å²) >= 11 is 11.9. The van der Waals surface area contributed by atoms with E-state index in [1.54, 1.807) is 6.07 Å². The Morgan fingerprint density at radius 3 is 2.72 bits per heavy atom. The van der Waals surface area contributed by atoms with Crippen molar-refractivity contribution in [1.82, 2.24) is 4.98 Å². The second kappa shape index (κ2) is 3.40. The second-order valence-corrected chi connectivity index (χ2v) is 4.70. The van der Waals surface area contributed by atoms with Gasteiger partial charge in [-0.25, -0.2) is 0 Å². The van der Waals surface area contributed by atoms with E-state index in [-0.39, 0.29) is 5.35 Å². The highest BCUT2D eigenvalue weighted by Gasteiger charge is 2.17. The number of para-hydroxylation sites is 1. The smallest absolute Gasteiger partial charge is 0.293 e. The molecule has 0 bridgehead atoms. The van der Waals surface area contributed by atoms with Crippen LogP contribution < -0.4 is 0 Å². The molecule has 0 fully saturated rings. The number of hydrogen-bond acceptors (Lipinski definition) is 3. The molecule has 0 aliphatic carbocycles. The second-order valence-electron chi connectivity index (χ2n) is 3.97. The molecule has 4 rings (SSSR count). The Bertz CT molecular complexity index is 907. The largest absolute Gasteiger partial charge is 0.456 e. The molecule has 18 heavy (non-hydrogen) atoms. The number of benzene rings is 2. The molecule has 3 nitrogen and oxygen atoms in total. The molecule has 2 heterocycles. The van der Waals surface area contributed by atoms with Crippen LogP contribution in [0.4, 0.5) is 0 Å². The predicted octanol–water partition coefficient (Wildman–Crippen LogP) is 5.03. The fourth-order valence-corrected chi connectivity index (χ4v) is 2.60. The SMILES string of the molecule is Clc1nc2c(Cl)cc3oc4ccccc4c3c2o1. The number of furan rings is 1. The van der Waals surface area contributed by atoms with Crippen LogP contribution in [0.25, 0.3) is 33.0 Å². The highest BCUT2D eigenvalue weighted by molar-refractivity contribution is 6.38. The van der Waals surface area contributed by atoms with Gasteiger partial charge in [-0.05, 0) is 17.7 Å². The van der Waals surface area contributed by atoms with Gasteiger partial charge in [0.05, 0.1) is 10.4 Å². The maximum absolute atomic E-state index is 6.14. The van der Waals surface area contributed by atoms with E-state index in [0.717, 1.165) is 16.4 Å². The van der Waals surface area contributed by atoms with Crippen molar-refractivity contribution in [2.24, 2.45) is 0 Å². The lowest BCUT2D eigenvalue weighted by atomic mass is 10.1. The molecule has 0 N–H and O–H groups in total. The molecular weight excluding hydrogens is 273 g/mol. The van der Waals surface area contributed by atoms with Crippen molar-refractivity contribution in [3.05, 3.63) is 40.7 Å². The lowest BCUT2D eigenvalue weighted by Gasteiger charge is -1.92. The van der Waals surface area contributed by atoms with E-state index in [1.165, 1.54) is 0 Å². The molecule has 0 amide bonds. The number of rotatable bonds is 0. The predicted molar refractivity (Wildman–Crippen MR) is 71.3 cm³/mol. The molecule has 88 valence electrons. The highest BCUT2D eigenvalue weighted by Crippen LogP contribution is 2.38. The number of aromatic nitrogens is 1. The van der Waals surface area contributed by atoms with E-state index in [2.05, 4.69) is 4.98 Å². The Kier molecular flexibility index (Phi) is 1.93. The summed E-state index contributed by atoms with van der Waals surface area (Å²) in [5.74, 6) is 0. The molecule has 0 aliphatic rings. The Hall–Kier alpha value is -1.71. The zero-order valence-corrected chi connectivity index (χ0v) is 10.4. The van der Waals surface area contributed by atoms with Crippen LogP contribution in [0.5, 0.6) is 0 Å². The van der Waals surface area contributed by atoms with Crippen molar-refractivity contribution in [1.29, 1.82) is 0 Å². The molecule has 2 aromatic heterocycles. The van der Waals surface area contributed by atoms with Crippen LogP contribution in [0, 0.1) is 0 Å². The minimum atomic E-state index is 0.0738. The zero-order chi connectivity index (χ0) is 12.3. The van der Waals surface area contributed by atoms with Gasteiger partial charge in [0.25, 0.3) is 5.35 Å². The molecule has 5 heteroatoms. The molecule has 0 saturated carbocycles. The van der Waals surface area contributed by atoms with Crippen LogP contribution in [0.1, 0.15) is 0 Å². The van der Waals surface area contributed by atoms with Gasteiger partial charge in [-0.2, -0.15) is 4.98 Å². The van der Waals surface area contributed by atoms with Crippen LogP contribution in [0.2, 0.25) is 10.4 Å². The summed E-state index contributed by atoms with van der Waals surface area (Å²) in [4.78, 5) is 4.07. The average molecular weight is 278 g/mol. The van der Waals surface area contributed by atoms with E-state index in [1.807, 2.05) is 24.3 Å². The summed E-state index contributed by atoms with van der Waals surface area (Å²) in [5.41, 5.74) is 2.57. The average Bonchev–Trinajstić information content (AvgIpc) is 2.88. The first-order valence-corrected chi connectivity index (χ1v) is 6.05. The third kappa shape index (κ3) is 1.23. The summed E-state index contributed by atoms with van der Waals surface area (Å²) in [6.07, 6.45) is 0. The summed E-state index contributed by atoms with van der Waals surface area (Å²) in [6.45, 7) is 0. The number of fused-ring (bicyclic) bond motifs is 5. The van der Waals surface area contributed by atoms with Crippen molar-refractivity contribution in [3.63, 3.8) is 0 Å². The summed E-state index contributed by atoms with van der Waals surface area (Å²) < 4.78 is 11.2. The number of hydrogen-bond donors (Lipinski definition) is 0. The van der Waals surface area contributed by atoms with Crippen LogP contribution in [-0.2, 0) is 0 Å². The van der Waals surface area contributed by atoms with Crippen LogP contribution in [0.3, 0.4) is 0 Å². The summed E-state index contributed by atoms with van der Waals surface area (Å²) in [7, 11) is 0. The van der Waals surface area contributed by atoms with Crippen molar-refractivity contribution >= 4 is 56.2 Å². The third-order valence-corrected chi connectivity index (χ3v) is 3.38. The number of oxazole rings is 1. The third-order valence-electron chi connectivity index (χ3n) is 2.93. The quantitative estimate of drug-likeness (QED) is 0.452. The minimum Gasteiger partial charge on any atom is -0.456 e. The lowest BCUT2D eigenvalue weighted by Crippen LogP contribution is -1.73. The van der Waals surface area contributed by atoms with E-state index >= 15 is 0 Å². The van der Waals surface area contributed by atoms with Gasteiger partial charge in [0.2, 0.25) is 0 Å². The maximum atomic E-state index is 6.14. The van der Waals surface area contributed by atoms with Gasteiger partial charge in [-0.15, -0.1) is 0 Å². The normalized spacial score (nSPS) is 11.9. The molecule has 0 unspecified atom stereocenters. The van der Waals surface area contributed by atoms with E-state index in [4.69, 9.17) is 32.0 Å². The van der Waals surface area contributed by atoms with Gasteiger partial charge < -0.3 is 8.83 Å². The fourth-order valence-electron chi connectivity index (χ4n) is 2.21. The molecule has 0 radical (unpaired) electrons. The molecule has 0 aliphatic heterocycles. The van der Waals surface area contributed by atoms with Crippen molar-refractivity contribution < 1.29 is 8.83 Å². The van der Waals surface area contributed by atoms with E-state index in [9.17, 15) is 0 Å². The standard InChI is InChI=1S/C13H5Cl2NO2/c14-7-5-9-10(12-11(7)16-13(15)18-12)6-3-1-2-4-8(6)17-9/h1-5H. The van der Waals surface area contributed by atoms with Crippen LogP contribution >= 0.6 is 23.2 Å². The van der Waals surface area contributed by atoms with Gasteiger partial charge in [0.1, 0.15) is 16.7 Å². The Morgan fingerprint density at radius 2 is 1.83 bits per heavy atom. The molecule has 0 atom stereocenters. The number of halogens is 2. The molecular formula is C13H5Cl2NO2. The van der Waals surface area contributed by atoms with Crippen molar-refractivity contribution in [2.45, 2.75) is 0 Å². The van der Waals surface area contributed by atoms with E-state index < -0.39 is 0 Å². The monoisotopic (exact) mass is 277 g/mol. The Labute approximate surface area is 111 Å². The summed E-state index contributed by atoms with van der Waals surface area (Å²) in [6, 6.07) is 9.45. The molecule has 2 aromatic carbocycles. The molecule has 0 saturated heterocycles.